The number of carbonyl (C=O) groups is 1. The zero-order valence-electron chi connectivity index (χ0n) is 11.5. The molecule has 2 rings (SSSR count). The van der Waals surface area contributed by atoms with Crippen LogP contribution in [0.5, 0.6) is 0 Å². The van der Waals surface area contributed by atoms with Gasteiger partial charge in [0.25, 0.3) is 5.91 Å². The van der Waals surface area contributed by atoms with E-state index in [1.54, 1.807) is 4.90 Å². The molecule has 5 nitrogen and oxygen atoms in total. The predicted molar refractivity (Wildman–Crippen MR) is 77.1 cm³/mol. The molecule has 1 amide bonds. The normalized spacial score (nSPS) is 19.0. The number of sulfonamides is 1. The van der Waals surface area contributed by atoms with E-state index in [2.05, 4.69) is 0 Å². The van der Waals surface area contributed by atoms with Crippen LogP contribution in [0.1, 0.15) is 30.1 Å². The van der Waals surface area contributed by atoms with Gasteiger partial charge in [-0.1, -0.05) is 24.9 Å². The van der Waals surface area contributed by atoms with Crippen molar-refractivity contribution in [1.29, 1.82) is 0 Å². The molecule has 1 aromatic carbocycles. The van der Waals surface area contributed by atoms with E-state index in [-0.39, 0.29) is 10.6 Å². The topological polar surface area (TPSA) is 80.5 Å². The van der Waals surface area contributed by atoms with Crippen molar-refractivity contribution < 1.29 is 17.6 Å². The number of nitrogens with two attached hydrogens (primary N) is 1. The minimum absolute atomic E-state index is 0.169. The van der Waals surface area contributed by atoms with Gasteiger partial charge >= 0.3 is 0 Å². The second-order valence-electron chi connectivity index (χ2n) is 5.13. The molecule has 1 fully saturated rings. The van der Waals surface area contributed by atoms with E-state index in [4.69, 9.17) is 16.7 Å². The van der Waals surface area contributed by atoms with E-state index in [9.17, 15) is 17.6 Å². The monoisotopic (exact) mass is 334 g/mol. The van der Waals surface area contributed by atoms with Crippen molar-refractivity contribution in [3.05, 3.63) is 28.5 Å². The Balaban J connectivity index is 2.39. The first-order valence-corrected chi connectivity index (χ1v) is 8.47. The summed E-state index contributed by atoms with van der Waals surface area (Å²) >= 11 is 5.80. The van der Waals surface area contributed by atoms with Crippen molar-refractivity contribution in [2.75, 3.05) is 13.1 Å². The number of hydrogen-bond donors (Lipinski definition) is 1. The maximum Gasteiger partial charge on any atom is 0.255 e. The molecule has 0 spiro atoms. The highest BCUT2D eigenvalue weighted by Crippen LogP contribution is 2.28. The summed E-state index contributed by atoms with van der Waals surface area (Å²) in [5, 5.41) is 4.60. The zero-order chi connectivity index (χ0) is 15.8. The Kier molecular flexibility index (Phi) is 4.55. The van der Waals surface area contributed by atoms with Gasteiger partial charge < -0.3 is 4.90 Å². The Morgan fingerprint density at radius 1 is 1.52 bits per heavy atom. The van der Waals surface area contributed by atoms with Crippen LogP contribution in [0.4, 0.5) is 4.39 Å². The largest absolute Gasteiger partial charge is 0.338 e. The van der Waals surface area contributed by atoms with Gasteiger partial charge in [0.1, 0.15) is 5.82 Å². The molecule has 0 bridgehead atoms. The van der Waals surface area contributed by atoms with Gasteiger partial charge in [-0.05, 0) is 24.5 Å². The summed E-state index contributed by atoms with van der Waals surface area (Å²) in [5.41, 5.74) is -0.169. The molecule has 0 radical (unpaired) electrons. The van der Waals surface area contributed by atoms with E-state index < -0.39 is 26.6 Å². The van der Waals surface area contributed by atoms with Gasteiger partial charge in [-0.15, -0.1) is 0 Å². The first-order chi connectivity index (χ1) is 9.74. The highest BCUT2D eigenvalue weighted by atomic mass is 35.5. The lowest BCUT2D eigenvalue weighted by atomic mass is 10.1. The summed E-state index contributed by atoms with van der Waals surface area (Å²) in [7, 11) is -4.11. The van der Waals surface area contributed by atoms with Crippen LogP contribution in [0.3, 0.4) is 0 Å². The van der Waals surface area contributed by atoms with Crippen LogP contribution >= 0.6 is 11.6 Å². The quantitative estimate of drug-likeness (QED) is 0.918. The predicted octanol–water partition coefficient (Wildman–Crippen LogP) is 2.00. The Morgan fingerprint density at radius 3 is 2.71 bits per heavy atom. The highest BCUT2D eigenvalue weighted by Gasteiger charge is 2.29. The molecule has 1 aliphatic rings. The number of halogens is 2. The van der Waals surface area contributed by atoms with Crippen molar-refractivity contribution >= 4 is 27.5 Å². The van der Waals surface area contributed by atoms with Gasteiger partial charge in [0.15, 0.2) is 0 Å². The maximum absolute atomic E-state index is 13.7. The molecular weight excluding hydrogens is 319 g/mol. The van der Waals surface area contributed by atoms with E-state index >= 15 is 0 Å². The Bertz CT molecular complexity index is 678. The highest BCUT2D eigenvalue weighted by molar-refractivity contribution is 7.89. The van der Waals surface area contributed by atoms with Crippen molar-refractivity contribution in [2.24, 2.45) is 11.1 Å². The number of amides is 1. The van der Waals surface area contributed by atoms with Crippen LogP contribution in [-0.4, -0.2) is 32.3 Å². The second-order valence-corrected chi connectivity index (χ2v) is 7.07. The summed E-state index contributed by atoms with van der Waals surface area (Å²) in [6.45, 7) is 3.15. The summed E-state index contributed by atoms with van der Waals surface area (Å²) in [6.07, 6.45) is 1.82. The van der Waals surface area contributed by atoms with Crippen molar-refractivity contribution in [1.82, 2.24) is 4.90 Å². The standard InChI is InChI=1S/C13H16ClFN2O3S/c1-2-8-3-4-17(7-8)13(18)10-5-9(21(16,19)20)6-11(15)12(10)14/h5-6,8H,2-4,7H2,1H3,(H2,16,19,20). The molecule has 1 aliphatic heterocycles. The zero-order valence-corrected chi connectivity index (χ0v) is 13.0. The SMILES string of the molecule is CCC1CCN(C(=O)c2cc(S(N)(=O)=O)cc(F)c2Cl)C1. The molecule has 0 aliphatic carbocycles. The van der Waals surface area contributed by atoms with Crippen LogP contribution in [-0.2, 0) is 10.0 Å². The third-order valence-electron chi connectivity index (χ3n) is 3.71. The second kappa shape index (κ2) is 5.90. The van der Waals surface area contributed by atoms with Crippen LogP contribution in [0.15, 0.2) is 17.0 Å². The van der Waals surface area contributed by atoms with Crippen LogP contribution < -0.4 is 5.14 Å². The molecule has 1 heterocycles. The number of nitrogens with zero attached hydrogens (tertiary/aromatic N) is 1. The Labute approximate surface area is 127 Å². The van der Waals surface area contributed by atoms with E-state index in [0.29, 0.717) is 25.1 Å². The Morgan fingerprint density at radius 2 is 2.19 bits per heavy atom. The molecular formula is C13H16ClFN2O3S. The molecule has 8 heteroatoms. The fourth-order valence-corrected chi connectivity index (χ4v) is 3.14. The third kappa shape index (κ3) is 3.36. The van der Waals surface area contributed by atoms with Crippen molar-refractivity contribution in [3.8, 4) is 0 Å². The minimum atomic E-state index is -4.11. The lowest BCUT2D eigenvalue weighted by Gasteiger charge is -2.17. The molecule has 1 unspecified atom stereocenters. The molecule has 1 saturated heterocycles. The fraction of sp³-hybridized carbons (Fsp3) is 0.462. The first-order valence-electron chi connectivity index (χ1n) is 6.55. The van der Waals surface area contributed by atoms with Crippen LogP contribution in [0.2, 0.25) is 5.02 Å². The summed E-state index contributed by atoms with van der Waals surface area (Å²) in [4.78, 5) is 13.5. The molecule has 0 aromatic heterocycles. The average Bonchev–Trinajstić information content (AvgIpc) is 2.88. The number of likely N-dealkylation sites (tertiary alicyclic amines) is 1. The number of primary sulfonamides is 1. The lowest BCUT2D eigenvalue weighted by Crippen LogP contribution is -2.29. The van der Waals surface area contributed by atoms with Crippen molar-refractivity contribution in [2.45, 2.75) is 24.7 Å². The number of hydrogen-bond acceptors (Lipinski definition) is 3. The van der Waals surface area contributed by atoms with E-state index in [1.165, 1.54) is 0 Å². The number of carbonyl (C=O) groups excluding carboxylic acids is 1. The minimum Gasteiger partial charge on any atom is -0.338 e. The van der Waals surface area contributed by atoms with Crippen LogP contribution in [0, 0.1) is 11.7 Å². The van der Waals surface area contributed by atoms with Gasteiger partial charge in [0, 0.05) is 13.1 Å². The van der Waals surface area contributed by atoms with Crippen molar-refractivity contribution in [3.63, 3.8) is 0 Å². The molecule has 21 heavy (non-hydrogen) atoms. The van der Waals surface area contributed by atoms with Gasteiger partial charge in [0.2, 0.25) is 10.0 Å². The smallest absolute Gasteiger partial charge is 0.255 e. The number of benzene rings is 1. The molecule has 116 valence electrons. The van der Waals surface area contributed by atoms with Gasteiger partial charge in [-0.25, -0.2) is 17.9 Å². The number of rotatable bonds is 3. The summed E-state index contributed by atoms with van der Waals surface area (Å²) in [6, 6.07) is 1.75. The maximum atomic E-state index is 13.7. The molecule has 1 atom stereocenters. The molecule has 1 aromatic rings. The fourth-order valence-electron chi connectivity index (χ4n) is 2.40. The molecule has 0 saturated carbocycles. The lowest BCUT2D eigenvalue weighted by molar-refractivity contribution is 0.0786. The summed E-state index contributed by atoms with van der Waals surface area (Å²) in [5.74, 6) is -1.04. The first kappa shape index (κ1) is 16.2. The van der Waals surface area contributed by atoms with Gasteiger partial charge in [0.05, 0.1) is 15.5 Å². The van der Waals surface area contributed by atoms with Gasteiger partial charge in [-0.3, -0.25) is 4.79 Å². The van der Waals surface area contributed by atoms with Crippen LogP contribution in [0.25, 0.3) is 0 Å². The summed E-state index contributed by atoms with van der Waals surface area (Å²) < 4.78 is 36.4. The Hall–Kier alpha value is -1.18. The average molecular weight is 335 g/mol. The molecule has 2 N–H and O–H groups in total. The van der Waals surface area contributed by atoms with E-state index in [0.717, 1.165) is 18.9 Å². The van der Waals surface area contributed by atoms with Gasteiger partial charge in [-0.2, -0.15) is 0 Å². The van der Waals surface area contributed by atoms with E-state index in [1.807, 2.05) is 6.92 Å². The third-order valence-corrected chi connectivity index (χ3v) is 4.99.